The first-order chi connectivity index (χ1) is 12.9. The lowest BCUT2D eigenvalue weighted by Crippen LogP contribution is -2.28. The summed E-state index contributed by atoms with van der Waals surface area (Å²) < 4.78 is 64.1. The molecule has 1 aliphatic carbocycles. The fraction of sp³-hybridized carbons (Fsp3) is 0.368. The van der Waals surface area contributed by atoms with E-state index < -0.39 is 21.7 Å². The molecule has 2 aromatic carbocycles. The fourth-order valence-corrected chi connectivity index (χ4v) is 3.92. The van der Waals surface area contributed by atoms with Crippen LogP contribution < -0.4 is 14.2 Å². The monoisotopic (exact) mass is 397 g/mol. The summed E-state index contributed by atoms with van der Waals surface area (Å²) in [6.45, 7) is -0.149. The Balaban J connectivity index is 1.50. The zero-order valence-electron chi connectivity index (χ0n) is 14.7. The second-order valence-electron chi connectivity index (χ2n) is 6.32. The SMILES string of the molecule is O=S(=O)(NCCOc1ccc(F)cc1F)c1ccc(OC2CCCC2)cc1. The highest BCUT2D eigenvalue weighted by atomic mass is 32.2. The van der Waals surface area contributed by atoms with Gasteiger partial charge in [0.15, 0.2) is 11.6 Å². The minimum atomic E-state index is -3.71. The molecule has 0 saturated heterocycles. The van der Waals surface area contributed by atoms with Gasteiger partial charge >= 0.3 is 0 Å². The van der Waals surface area contributed by atoms with E-state index in [1.54, 1.807) is 12.1 Å². The van der Waals surface area contributed by atoms with Gasteiger partial charge in [-0.2, -0.15) is 0 Å². The van der Waals surface area contributed by atoms with E-state index in [9.17, 15) is 17.2 Å². The lowest BCUT2D eigenvalue weighted by molar-refractivity contribution is 0.210. The van der Waals surface area contributed by atoms with Gasteiger partial charge in [0.1, 0.15) is 18.2 Å². The number of rotatable bonds is 8. The number of sulfonamides is 1. The highest BCUT2D eigenvalue weighted by molar-refractivity contribution is 7.89. The van der Waals surface area contributed by atoms with Gasteiger partial charge in [0, 0.05) is 12.6 Å². The van der Waals surface area contributed by atoms with Crippen LogP contribution in [0.5, 0.6) is 11.5 Å². The van der Waals surface area contributed by atoms with Crippen LogP contribution in [0.1, 0.15) is 25.7 Å². The van der Waals surface area contributed by atoms with Crippen LogP contribution in [0.15, 0.2) is 47.4 Å². The molecule has 1 fully saturated rings. The molecule has 0 unspecified atom stereocenters. The van der Waals surface area contributed by atoms with Crippen molar-refractivity contribution in [2.75, 3.05) is 13.2 Å². The maximum absolute atomic E-state index is 13.4. The van der Waals surface area contributed by atoms with Crippen LogP contribution in [0.25, 0.3) is 0 Å². The highest BCUT2D eigenvalue weighted by Gasteiger charge is 2.18. The molecule has 3 rings (SSSR count). The largest absolute Gasteiger partial charge is 0.490 e. The number of hydrogen-bond donors (Lipinski definition) is 1. The van der Waals surface area contributed by atoms with Gasteiger partial charge in [0.2, 0.25) is 10.0 Å². The van der Waals surface area contributed by atoms with Gasteiger partial charge in [-0.05, 0) is 62.1 Å². The van der Waals surface area contributed by atoms with E-state index in [0.29, 0.717) is 11.8 Å². The number of nitrogens with one attached hydrogen (secondary N) is 1. The Hall–Kier alpha value is -2.19. The number of hydrogen-bond acceptors (Lipinski definition) is 4. The maximum atomic E-state index is 13.4. The van der Waals surface area contributed by atoms with Gasteiger partial charge in [-0.15, -0.1) is 0 Å². The predicted molar refractivity (Wildman–Crippen MR) is 96.4 cm³/mol. The second-order valence-corrected chi connectivity index (χ2v) is 8.08. The average Bonchev–Trinajstić information content (AvgIpc) is 3.14. The first-order valence-electron chi connectivity index (χ1n) is 8.78. The van der Waals surface area contributed by atoms with Crippen molar-refractivity contribution in [1.82, 2.24) is 4.72 Å². The maximum Gasteiger partial charge on any atom is 0.240 e. The molecule has 0 aromatic heterocycles. The summed E-state index contributed by atoms with van der Waals surface area (Å²) >= 11 is 0. The van der Waals surface area contributed by atoms with Gasteiger partial charge in [-0.25, -0.2) is 21.9 Å². The average molecular weight is 397 g/mol. The molecular weight excluding hydrogens is 376 g/mol. The quantitative estimate of drug-likeness (QED) is 0.691. The molecule has 1 saturated carbocycles. The van der Waals surface area contributed by atoms with Crippen molar-refractivity contribution >= 4 is 10.0 Å². The van der Waals surface area contributed by atoms with Gasteiger partial charge in [-0.3, -0.25) is 0 Å². The molecular formula is C19H21F2NO4S. The van der Waals surface area contributed by atoms with E-state index >= 15 is 0 Å². The van der Waals surface area contributed by atoms with Gasteiger partial charge < -0.3 is 9.47 Å². The van der Waals surface area contributed by atoms with Crippen LogP contribution in [0.4, 0.5) is 8.78 Å². The molecule has 0 spiro atoms. The minimum Gasteiger partial charge on any atom is -0.490 e. The van der Waals surface area contributed by atoms with E-state index in [4.69, 9.17) is 9.47 Å². The van der Waals surface area contributed by atoms with E-state index in [0.717, 1.165) is 37.8 Å². The molecule has 2 aromatic rings. The van der Waals surface area contributed by atoms with Crippen molar-refractivity contribution in [3.05, 3.63) is 54.1 Å². The lowest BCUT2D eigenvalue weighted by atomic mass is 10.3. The molecule has 0 bridgehead atoms. The minimum absolute atomic E-state index is 0.0561. The molecule has 0 radical (unpaired) electrons. The van der Waals surface area contributed by atoms with Crippen LogP contribution in [0.2, 0.25) is 0 Å². The van der Waals surface area contributed by atoms with Crippen molar-refractivity contribution in [3.63, 3.8) is 0 Å². The second kappa shape index (κ2) is 8.67. The Kier molecular flexibility index (Phi) is 6.28. The number of benzene rings is 2. The zero-order valence-corrected chi connectivity index (χ0v) is 15.5. The Morgan fingerprint density at radius 2 is 1.74 bits per heavy atom. The predicted octanol–water partition coefficient (Wildman–Crippen LogP) is 3.64. The van der Waals surface area contributed by atoms with E-state index in [-0.39, 0.29) is 29.9 Å². The molecule has 0 heterocycles. The Bertz CT molecular complexity index is 866. The molecule has 27 heavy (non-hydrogen) atoms. The molecule has 0 aliphatic heterocycles. The standard InChI is InChI=1S/C19H21F2NO4S/c20-14-5-10-19(18(21)13-14)25-12-11-22-27(23,24)17-8-6-16(7-9-17)26-15-3-1-2-4-15/h5-10,13,15,22H,1-4,11-12H2. The Morgan fingerprint density at radius 3 is 2.41 bits per heavy atom. The molecule has 8 heteroatoms. The van der Waals surface area contributed by atoms with Crippen molar-refractivity contribution in [2.45, 2.75) is 36.7 Å². The third-order valence-electron chi connectivity index (χ3n) is 4.28. The van der Waals surface area contributed by atoms with Gasteiger partial charge in [0.25, 0.3) is 0 Å². The van der Waals surface area contributed by atoms with E-state index in [1.165, 1.54) is 12.1 Å². The summed E-state index contributed by atoms with van der Waals surface area (Å²) in [5, 5.41) is 0. The molecule has 1 aliphatic rings. The van der Waals surface area contributed by atoms with Crippen LogP contribution in [-0.4, -0.2) is 27.7 Å². The van der Waals surface area contributed by atoms with Crippen LogP contribution in [0, 0.1) is 11.6 Å². The first kappa shape index (κ1) is 19.6. The third kappa shape index (κ3) is 5.40. The summed E-state index contributed by atoms with van der Waals surface area (Å²) in [7, 11) is -3.71. The van der Waals surface area contributed by atoms with E-state index in [2.05, 4.69) is 4.72 Å². The summed E-state index contributed by atoms with van der Waals surface area (Å²) in [5.41, 5.74) is 0. The van der Waals surface area contributed by atoms with E-state index in [1.807, 2.05) is 0 Å². The number of halogens is 2. The molecule has 0 amide bonds. The fourth-order valence-electron chi connectivity index (χ4n) is 2.91. The summed E-state index contributed by atoms with van der Waals surface area (Å²) in [5.74, 6) is -1.03. The zero-order chi connectivity index (χ0) is 19.3. The smallest absolute Gasteiger partial charge is 0.240 e. The van der Waals surface area contributed by atoms with Crippen molar-refractivity contribution in [1.29, 1.82) is 0 Å². The van der Waals surface area contributed by atoms with Crippen LogP contribution in [-0.2, 0) is 10.0 Å². The number of ether oxygens (including phenoxy) is 2. The van der Waals surface area contributed by atoms with Gasteiger partial charge in [-0.1, -0.05) is 0 Å². The normalized spacial score (nSPS) is 15.0. The summed E-state index contributed by atoms with van der Waals surface area (Å²) in [4.78, 5) is 0.106. The highest BCUT2D eigenvalue weighted by Crippen LogP contribution is 2.25. The molecule has 5 nitrogen and oxygen atoms in total. The lowest BCUT2D eigenvalue weighted by Gasteiger charge is -2.13. The molecule has 146 valence electrons. The van der Waals surface area contributed by atoms with Crippen LogP contribution in [0.3, 0.4) is 0 Å². The summed E-state index contributed by atoms with van der Waals surface area (Å²) in [6, 6.07) is 9.16. The summed E-state index contributed by atoms with van der Waals surface area (Å²) in [6.07, 6.45) is 4.57. The first-order valence-corrected chi connectivity index (χ1v) is 10.3. The van der Waals surface area contributed by atoms with Crippen LogP contribution >= 0.6 is 0 Å². The topological polar surface area (TPSA) is 64.6 Å². The Morgan fingerprint density at radius 1 is 1.04 bits per heavy atom. The third-order valence-corrected chi connectivity index (χ3v) is 5.76. The molecule has 0 atom stereocenters. The van der Waals surface area contributed by atoms with Crippen molar-refractivity contribution < 1.29 is 26.7 Å². The Labute approximate surface area is 157 Å². The van der Waals surface area contributed by atoms with Crippen molar-refractivity contribution in [2.24, 2.45) is 0 Å². The molecule has 1 N–H and O–H groups in total. The van der Waals surface area contributed by atoms with Crippen molar-refractivity contribution in [3.8, 4) is 11.5 Å². The van der Waals surface area contributed by atoms with Gasteiger partial charge in [0.05, 0.1) is 11.0 Å².